The summed E-state index contributed by atoms with van der Waals surface area (Å²) in [4.78, 5) is 14.3. The van der Waals surface area contributed by atoms with Gasteiger partial charge in [0.05, 0.1) is 5.52 Å². The summed E-state index contributed by atoms with van der Waals surface area (Å²) in [5.74, 6) is 0.0676. The van der Waals surface area contributed by atoms with Crippen LogP contribution < -0.4 is 0 Å². The minimum Gasteiger partial charge on any atom is -0.360 e. The molecule has 0 atom stereocenters. The number of aromatic nitrogens is 1. The number of hydrogen-bond acceptors (Lipinski definition) is 1. The van der Waals surface area contributed by atoms with Crippen molar-refractivity contribution in [2.75, 3.05) is 0 Å². The van der Waals surface area contributed by atoms with Crippen LogP contribution in [0.2, 0.25) is 5.02 Å². The number of carbonyl (C=O) groups excluding carboxylic acids is 1. The van der Waals surface area contributed by atoms with Gasteiger partial charge in [0.25, 0.3) is 0 Å². The fourth-order valence-electron chi connectivity index (χ4n) is 1.61. The zero-order chi connectivity index (χ0) is 10.3. The van der Waals surface area contributed by atoms with E-state index in [1.165, 1.54) is 0 Å². The molecule has 0 aliphatic rings. The zero-order valence-electron chi connectivity index (χ0n) is 8.02. The predicted molar refractivity (Wildman–Crippen MR) is 58.1 cm³/mol. The van der Waals surface area contributed by atoms with E-state index in [1.807, 2.05) is 19.1 Å². The first-order chi connectivity index (χ1) is 6.61. The smallest absolute Gasteiger partial charge is 0.161 e. The van der Waals surface area contributed by atoms with Crippen LogP contribution in [-0.4, -0.2) is 10.8 Å². The monoisotopic (exact) mass is 207 g/mol. The molecule has 1 aromatic heterocycles. The van der Waals surface area contributed by atoms with E-state index in [-0.39, 0.29) is 5.78 Å². The van der Waals surface area contributed by atoms with Crippen LogP contribution in [0.3, 0.4) is 0 Å². The number of Topliss-reactive ketones (excluding diaryl/α,β-unsaturated/α-hetero) is 1. The molecule has 2 nitrogen and oxygen atoms in total. The van der Waals surface area contributed by atoms with Crippen LogP contribution >= 0.6 is 11.6 Å². The molecule has 14 heavy (non-hydrogen) atoms. The number of benzene rings is 1. The summed E-state index contributed by atoms with van der Waals surface area (Å²) in [6, 6.07) is 3.69. The quantitative estimate of drug-likeness (QED) is 0.715. The van der Waals surface area contributed by atoms with Crippen LogP contribution in [0.5, 0.6) is 0 Å². The van der Waals surface area contributed by atoms with Crippen LogP contribution in [0.25, 0.3) is 10.9 Å². The van der Waals surface area contributed by atoms with Gasteiger partial charge in [0.15, 0.2) is 5.78 Å². The number of ketones is 1. The number of aryl methyl sites for hydroxylation is 1. The average molecular weight is 208 g/mol. The van der Waals surface area contributed by atoms with Gasteiger partial charge in [-0.1, -0.05) is 17.7 Å². The summed E-state index contributed by atoms with van der Waals surface area (Å²) >= 11 is 5.97. The van der Waals surface area contributed by atoms with Crippen LogP contribution in [0.4, 0.5) is 0 Å². The fourth-order valence-corrected chi connectivity index (χ4v) is 1.77. The Morgan fingerprint density at radius 1 is 1.43 bits per heavy atom. The summed E-state index contributed by atoms with van der Waals surface area (Å²) in [6.45, 7) is 3.50. The molecule has 1 heterocycles. The van der Waals surface area contributed by atoms with Gasteiger partial charge in [0, 0.05) is 22.2 Å². The molecule has 0 spiro atoms. The van der Waals surface area contributed by atoms with Gasteiger partial charge in [-0.2, -0.15) is 0 Å². The molecule has 0 bridgehead atoms. The highest BCUT2D eigenvalue weighted by atomic mass is 35.5. The molecule has 1 N–H and O–H groups in total. The van der Waals surface area contributed by atoms with E-state index in [9.17, 15) is 4.79 Å². The summed E-state index contributed by atoms with van der Waals surface area (Å²) in [5, 5.41) is 1.66. The first-order valence-corrected chi connectivity index (χ1v) is 4.76. The fraction of sp³-hybridized carbons (Fsp3) is 0.182. The van der Waals surface area contributed by atoms with E-state index >= 15 is 0 Å². The van der Waals surface area contributed by atoms with Crippen molar-refractivity contribution in [1.82, 2.24) is 4.98 Å². The Kier molecular flexibility index (Phi) is 2.08. The average Bonchev–Trinajstić information content (AvgIpc) is 2.55. The van der Waals surface area contributed by atoms with Gasteiger partial charge in [-0.05, 0) is 25.5 Å². The molecule has 0 amide bonds. The molecule has 2 rings (SSSR count). The van der Waals surface area contributed by atoms with Gasteiger partial charge in [-0.25, -0.2) is 0 Å². The van der Waals surface area contributed by atoms with Crippen molar-refractivity contribution < 1.29 is 4.79 Å². The second kappa shape index (κ2) is 3.14. The molecule has 1 aromatic carbocycles. The SMILES string of the molecule is CC(=O)c1c[nH]c2c(C)c(Cl)ccc12. The number of carbonyl (C=O) groups is 1. The van der Waals surface area contributed by atoms with E-state index in [2.05, 4.69) is 4.98 Å². The second-order valence-corrected chi connectivity index (χ2v) is 3.76. The lowest BCUT2D eigenvalue weighted by Crippen LogP contribution is -1.88. The molecule has 0 unspecified atom stereocenters. The molecule has 0 aliphatic carbocycles. The third-order valence-electron chi connectivity index (χ3n) is 2.43. The highest BCUT2D eigenvalue weighted by Gasteiger charge is 2.10. The first kappa shape index (κ1) is 9.28. The zero-order valence-corrected chi connectivity index (χ0v) is 8.77. The molecule has 0 fully saturated rings. The van der Waals surface area contributed by atoms with Crippen molar-refractivity contribution in [3.8, 4) is 0 Å². The van der Waals surface area contributed by atoms with Crippen molar-refractivity contribution in [2.24, 2.45) is 0 Å². The van der Waals surface area contributed by atoms with E-state index in [0.29, 0.717) is 0 Å². The van der Waals surface area contributed by atoms with E-state index in [4.69, 9.17) is 11.6 Å². The van der Waals surface area contributed by atoms with Crippen molar-refractivity contribution in [2.45, 2.75) is 13.8 Å². The Labute approximate surface area is 86.9 Å². The minimum absolute atomic E-state index is 0.0676. The van der Waals surface area contributed by atoms with Crippen LogP contribution in [0, 0.1) is 6.92 Å². The maximum Gasteiger partial charge on any atom is 0.161 e. The summed E-state index contributed by atoms with van der Waals surface area (Å²) < 4.78 is 0. The van der Waals surface area contributed by atoms with E-state index in [1.54, 1.807) is 13.1 Å². The van der Waals surface area contributed by atoms with Crippen molar-refractivity contribution in [3.63, 3.8) is 0 Å². The molecule has 0 aliphatic heterocycles. The summed E-state index contributed by atoms with van der Waals surface area (Å²) in [6.07, 6.45) is 1.73. The Balaban J connectivity index is 2.83. The normalized spacial score (nSPS) is 10.8. The minimum atomic E-state index is 0.0676. The molecule has 2 aromatic rings. The van der Waals surface area contributed by atoms with Gasteiger partial charge in [0.2, 0.25) is 0 Å². The highest BCUT2D eigenvalue weighted by Crippen LogP contribution is 2.26. The first-order valence-electron chi connectivity index (χ1n) is 4.38. The molecule has 72 valence electrons. The molecular formula is C11H10ClNO. The van der Waals surface area contributed by atoms with Gasteiger partial charge < -0.3 is 4.98 Å². The topological polar surface area (TPSA) is 32.9 Å². The Bertz CT molecular complexity index is 513. The van der Waals surface area contributed by atoms with Crippen molar-refractivity contribution in [3.05, 3.63) is 34.5 Å². The molecule has 0 radical (unpaired) electrons. The predicted octanol–water partition coefficient (Wildman–Crippen LogP) is 3.33. The van der Waals surface area contributed by atoms with E-state index in [0.717, 1.165) is 27.1 Å². The maximum atomic E-state index is 11.3. The van der Waals surface area contributed by atoms with Gasteiger partial charge in [-0.3, -0.25) is 4.79 Å². The molecule has 3 heteroatoms. The third kappa shape index (κ3) is 1.23. The summed E-state index contributed by atoms with van der Waals surface area (Å²) in [5.41, 5.74) is 2.65. The van der Waals surface area contributed by atoms with Crippen molar-refractivity contribution in [1.29, 1.82) is 0 Å². The van der Waals surface area contributed by atoms with Crippen molar-refractivity contribution >= 4 is 28.3 Å². The maximum absolute atomic E-state index is 11.3. The Morgan fingerprint density at radius 2 is 2.14 bits per heavy atom. The van der Waals surface area contributed by atoms with Gasteiger partial charge in [0.1, 0.15) is 0 Å². The molecule has 0 saturated heterocycles. The number of nitrogens with one attached hydrogen (secondary N) is 1. The Morgan fingerprint density at radius 3 is 2.79 bits per heavy atom. The van der Waals surface area contributed by atoms with Crippen LogP contribution in [-0.2, 0) is 0 Å². The van der Waals surface area contributed by atoms with Crippen LogP contribution in [0.15, 0.2) is 18.3 Å². The number of fused-ring (bicyclic) bond motifs is 1. The third-order valence-corrected chi connectivity index (χ3v) is 2.84. The van der Waals surface area contributed by atoms with Gasteiger partial charge in [-0.15, -0.1) is 0 Å². The molecule has 0 saturated carbocycles. The standard InChI is InChI=1S/C11H10ClNO/c1-6-10(12)4-3-8-9(7(2)14)5-13-11(6)8/h3-5,13H,1-2H3. The number of H-pyrrole nitrogens is 1. The number of hydrogen-bond donors (Lipinski definition) is 1. The number of aromatic amines is 1. The highest BCUT2D eigenvalue weighted by molar-refractivity contribution is 6.32. The number of rotatable bonds is 1. The Hall–Kier alpha value is -1.28. The lowest BCUT2D eigenvalue weighted by molar-refractivity contribution is 0.101. The van der Waals surface area contributed by atoms with Gasteiger partial charge >= 0.3 is 0 Å². The lowest BCUT2D eigenvalue weighted by atomic mass is 10.1. The lowest BCUT2D eigenvalue weighted by Gasteiger charge is -1.99. The number of halogens is 1. The largest absolute Gasteiger partial charge is 0.360 e. The van der Waals surface area contributed by atoms with Crippen LogP contribution in [0.1, 0.15) is 22.8 Å². The molecular weight excluding hydrogens is 198 g/mol. The summed E-state index contributed by atoms with van der Waals surface area (Å²) in [7, 11) is 0. The van der Waals surface area contributed by atoms with E-state index < -0.39 is 0 Å². The second-order valence-electron chi connectivity index (χ2n) is 3.35.